The molecule has 0 aliphatic carbocycles. The molecular weight excluding hydrogens is 264 g/mol. The molecule has 1 amide bonds. The van der Waals surface area contributed by atoms with Crippen molar-refractivity contribution in [2.24, 2.45) is 5.73 Å². The number of amides is 1. The van der Waals surface area contributed by atoms with E-state index in [9.17, 15) is 4.79 Å². The van der Waals surface area contributed by atoms with E-state index in [0.29, 0.717) is 6.54 Å². The molecule has 5 heteroatoms. The average molecular weight is 286 g/mol. The first kappa shape index (κ1) is 14.1. The van der Waals surface area contributed by atoms with Crippen molar-refractivity contribution in [1.29, 1.82) is 0 Å². The summed E-state index contributed by atoms with van der Waals surface area (Å²) >= 11 is 0. The summed E-state index contributed by atoms with van der Waals surface area (Å²) in [6.45, 7) is 4.12. The Bertz CT molecular complexity index is 636. The number of nitrogens with one attached hydrogen (secondary N) is 2. The third-order valence-electron chi connectivity index (χ3n) is 4.15. The minimum Gasteiger partial charge on any atom is -0.361 e. The smallest absolute Gasteiger partial charge is 0.237 e. The van der Waals surface area contributed by atoms with Gasteiger partial charge in [-0.05, 0) is 31.0 Å². The quantitative estimate of drug-likeness (QED) is 0.791. The van der Waals surface area contributed by atoms with E-state index in [1.165, 1.54) is 10.9 Å². The minimum atomic E-state index is -0.117. The van der Waals surface area contributed by atoms with Gasteiger partial charge in [0.25, 0.3) is 0 Å². The fourth-order valence-corrected chi connectivity index (χ4v) is 3.19. The van der Waals surface area contributed by atoms with Gasteiger partial charge in [0.2, 0.25) is 5.91 Å². The number of hydrogen-bond acceptors (Lipinski definition) is 3. The SMILES string of the molecule is CCNC(=O)[C@@H]1C[C@H](N)CN1Cc1cccc2[nH]ccc12. The second-order valence-corrected chi connectivity index (χ2v) is 5.69. The topological polar surface area (TPSA) is 74.2 Å². The third kappa shape index (κ3) is 2.80. The van der Waals surface area contributed by atoms with Gasteiger partial charge in [-0.25, -0.2) is 0 Å². The molecule has 0 saturated carbocycles. The van der Waals surface area contributed by atoms with Crippen LogP contribution >= 0.6 is 0 Å². The van der Waals surface area contributed by atoms with Gasteiger partial charge in [-0.2, -0.15) is 0 Å². The first-order valence-electron chi connectivity index (χ1n) is 7.51. The summed E-state index contributed by atoms with van der Waals surface area (Å²) < 4.78 is 0. The number of benzene rings is 1. The van der Waals surface area contributed by atoms with Gasteiger partial charge in [0, 0.05) is 42.8 Å². The van der Waals surface area contributed by atoms with Crippen molar-refractivity contribution < 1.29 is 4.79 Å². The van der Waals surface area contributed by atoms with Crippen LogP contribution < -0.4 is 11.1 Å². The monoisotopic (exact) mass is 286 g/mol. The molecule has 2 atom stereocenters. The lowest BCUT2D eigenvalue weighted by atomic mass is 10.1. The van der Waals surface area contributed by atoms with Crippen LogP contribution in [0.15, 0.2) is 30.5 Å². The summed E-state index contributed by atoms with van der Waals surface area (Å²) in [7, 11) is 0. The molecule has 1 saturated heterocycles. The lowest BCUT2D eigenvalue weighted by molar-refractivity contribution is -0.125. The number of likely N-dealkylation sites (N-methyl/N-ethyl adjacent to an activating group) is 1. The number of rotatable bonds is 4. The Balaban J connectivity index is 1.82. The van der Waals surface area contributed by atoms with Crippen molar-refractivity contribution in [3.63, 3.8) is 0 Å². The van der Waals surface area contributed by atoms with Crippen LogP contribution in [0.3, 0.4) is 0 Å². The van der Waals surface area contributed by atoms with E-state index in [1.807, 2.05) is 19.2 Å². The number of nitrogens with two attached hydrogens (primary N) is 1. The van der Waals surface area contributed by atoms with Crippen LogP contribution in [0.1, 0.15) is 18.9 Å². The van der Waals surface area contributed by atoms with E-state index in [1.54, 1.807) is 0 Å². The van der Waals surface area contributed by atoms with Crippen LogP contribution in [0.4, 0.5) is 0 Å². The molecule has 0 bridgehead atoms. The van der Waals surface area contributed by atoms with Crippen molar-refractivity contribution in [3.8, 4) is 0 Å². The van der Waals surface area contributed by atoms with E-state index < -0.39 is 0 Å². The molecule has 5 nitrogen and oxygen atoms in total. The number of nitrogens with zero attached hydrogens (tertiary/aromatic N) is 1. The number of aromatic nitrogens is 1. The molecule has 1 aliphatic heterocycles. The zero-order valence-corrected chi connectivity index (χ0v) is 12.3. The number of aromatic amines is 1. The Morgan fingerprint density at radius 1 is 1.48 bits per heavy atom. The van der Waals surface area contributed by atoms with E-state index in [4.69, 9.17) is 5.73 Å². The molecule has 4 N–H and O–H groups in total. The first-order chi connectivity index (χ1) is 10.2. The molecule has 0 unspecified atom stereocenters. The van der Waals surface area contributed by atoms with Gasteiger partial charge in [0.1, 0.15) is 0 Å². The summed E-state index contributed by atoms with van der Waals surface area (Å²) in [5.41, 5.74) is 8.43. The van der Waals surface area contributed by atoms with Gasteiger partial charge in [0.15, 0.2) is 0 Å². The lowest BCUT2D eigenvalue weighted by Crippen LogP contribution is -2.42. The van der Waals surface area contributed by atoms with Crippen LogP contribution in [0, 0.1) is 0 Å². The van der Waals surface area contributed by atoms with Crippen LogP contribution in [-0.2, 0) is 11.3 Å². The van der Waals surface area contributed by atoms with Crippen LogP contribution in [0.5, 0.6) is 0 Å². The molecule has 0 radical (unpaired) electrons. The van der Waals surface area contributed by atoms with Gasteiger partial charge in [-0.15, -0.1) is 0 Å². The number of carbonyl (C=O) groups excluding carboxylic acids is 1. The number of fused-ring (bicyclic) bond motifs is 1. The van der Waals surface area contributed by atoms with Gasteiger partial charge in [-0.3, -0.25) is 9.69 Å². The van der Waals surface area contributed by atoms with E-state index in [2.05, 4.69) is 33.4 Å². The second-order valence-electron chi connectivity index (χ2n) is 5.69. The largest absolute Gasteiger partial charge is 0.361 e. The predicted molar refractivity (Wildman–Crippen MR) is 83.8 cm³/mol. The Kier molecular flexibility index (Phi) is 3.94. The average Bonchev–Trinajstić information content (AvgIpc) is 3.06. The highest BCUT2D eigenvalue weighted by Crippen LogP contribution is 2.24. The highest BCUT2D eigenvalue weighted by Gasteiger charge is 2.34. The number of likely N-dealkylation sites (tertiary alicyclic amines) is 1. The Morgan fingerprint density at radius 3 is 3.14 bits per heavy atom. The summed E-state index contributed by atoms with van der Waals surface area (Å²) in [4.78, 5) is 17.6. The minimum absolute atomic E-state index is 0.0723. The molecule has 1 aromatic carbocycles. The maximum absolute atomic E-state index is 12.2. The standard InChI is InChI=1S/C16H22N4O/c1-2-18-16(21)15-8-12(17)10-20(15)9-11-4-3-5-14-13(11)6-7-19-14/h3-7,12,15,19H,2,8-10,17H2,1H3,(H,18,21)/t12-,15-/m0/s1. The van der Waals surface area contributed by atoms with E-state index >= 15 is 0 Å². The predicted octanol–water partition coefficient (Wildman–Crippen LogP) is 1.21. The molecule has 0 spiro atoms. The van der Waals surface area contributed by atoms with Crippen molar-refractivity contribution in [2.75, 3.05) is 13.1 Å². The fraction of sp³-hybridized carbons (Fsp3) is 0.438. The molecule has 21 heavy (non-hydrogen) atoms. The van der Waals surface area contributed by atoms with Gasteiger partial charge in [-0.1, -0.05) is 12.1 Å². The molecular formula is C16H22N4O. The summed E-state index contributed by atoms with van der Waals surface area (Å²) in [6, 6.07) is 8.27. The first-order valence-corrected chi connectivity index (χ1v) is 7.51. The van der Waals surface area contributed by atoms with Crippen LogP contribution in [0.25, 0.3) is 10.9 Å². The fourth-order valence-electron chi connectivity index (χ4n) is 3.19. The molecule has 1 aromatic heterocycles. The molecule has 3 rings (SSSR count). The molecule has 1 aliphatic rings. The normalized spacial score (nSPS) is 22.8. The lowest BCUT2D eigenvalue weighted by Gasteiger charge is -2.23. The molecule has 2 aromatic rings. The molecule has 112 valence electrons. The highest BCUT2D eigenvalue weighted by atomic mass is 16.2. The van der Waals surface area contributed by atoms with E-state index in [-0.39, 0.29) is 18.0 Å². The maximum Gasteiger partial charge on any atom is 0.237 e. The summed E-state index contributed by atoms with van der Waals surface area (Å²) in [5, 5.41) is 4.13. The van der Waals surface area contributed by atoms with Crippen molar-refractivity contribution >= 4 is 16.8 Å². The third-order valence-corrected chi connectivity index (χ3v) is 4.15. The number of carbonyl (C=O) groups is 1. The van der Waals surface area contributed by atoms with Crippen molar-refractivity contribution in [2.45, 2.75) is 32.0 Å². The Labute approximate surface area is 124 Å². The zero-order valence-electron chi connectivity index (χ0n) is 12.3. The summed E-state index contributed by atoms with van der Waals surface area (Å²) in [6.07, 6.45) is 2.68. The Morgan fingerprint density at radius 2 is 2.33 bits per heavy atom. The zero-order chi connectivity index (χ0) is 14.8. The Hall–Kier alpha value is -1.85. The molecule has 1 fully saturated rings. The second kappa shape index (κ2) is 5.87. The van der Waals surface area contributed by atoms with Crippen LogP contribution in [0.2, 0.25) is 0 Å². The molecule has 2 heterocycles. The van der Waals surface area contributed by atoms with Crippen molar-refractivity contribution in [1.82, 2.24) is 15.2 Å². The highest BCUT2D eigenvalue weighted by molar-refractivity contribution is 5.84. The van der Waals surface area contributed by atoms with E-state index in [0.717, 1.165) is 25.0 Å². The number of hydrogen-bond donors (Lipinski definition) is 3. The number of H-pyrrole nitrogens is 1. The van der Waals surface area contributed by atoms with Gasteiger partial charge < -0.3 is 16.0 Å². The van der Waals surface area contributed by atoms with Gasteiger partial charge >= 0.3 is 0 Å². The van der Waals surface area contributed by atoms with Gasteiger partial charge in [0.05, 0.1) is 6.04 Å². The maximum atomic E-state index is 12.2. The summed E-state index contributed by atoms with van der Waals surface area (Å²) in [5.74, 6) is 0.0895. The van der Waals surface area contributed by atoms with Crippen LogP contribution in [-0.4, -0.2) is 41.0 Å². The van der Waals surface area contributed by atoms with Crippen molar-refractivity contribution in [3.05, 3.63) is 36.0 Å².